The Bertz CT molecular complexity index is 362. The summed E-state index contributed by atoms with van der Waals surface area (Å²) in [5.41, 5.74) is 4.12. The average molecular weight is 247 g/mol. The van der Waals surface area contributed by atoms with E-state index in [2.05, 4.69) is 37.4 Å². The molecule has 0 aromatic heterocycles. The lowest BCUT2D eigenvalue weighted by atomic mass is 9.94. The minimum Gasteiger partial charge on any atom is -0.377 e. The fourth-order valence-corrected chi connectivity index (χ4v) is 2.94. The van der Waals surface area contributed by atoms with Gasteiger partial charge in [-0.1, -0.05) is 29.3 Å². The van der Waals surface area contributed by atoms with Crippen molar-refractivity contribution in [1.29, 1.82) is 0 Å². The van der Waals surface area contributed by atoms with E-state index in [0.717, 1.165) is 13.0 Å². The lowest BCUT2D eigenvalue weighted by Crippen LogP contribution is -2.42. The molecule has 1 N–H and O–H groups in total. The van der Waals surface area contributed by atoms with Crippen molar-refractivity contribution < 1.29 is 4.74 Å². The minimum atomic E-state index is 0.379. The summed E-state index contributed by atoms with van der Waals surface area (Å²) >= 11 is 0. The van der Waals surface area contributed by atoms with E-state index in [4.69, 9.17) is 4.74 Å². The van der Waals surface area contributed by atoms with Crippen LogP contribution < -0.4 is 5.32 Å². The molecule has 0 saturated carbocycles. The number of hydrogen-bond donors (Lipinski definition) is 1. The Hall–Kier alpha value is -0.860. The van der Waals surface area contributed by atoms with Gasteiger partial charge in [-0.15, -0.1) is 0 Å². The maximum Gasteiger partial charge on any atom is 0.0731 e. The molecule has 1 saturated heterocycles. The number of aryl methyl sites for hydroxylation is 2. The van der Waals surface area contributed by atoms with Crippen molar-refractivity contribution in [2.75, 3.05) is 13.7 Å². The highest BCUT2D eigenvalue weighted by molar-refractivity contribution is 5.29. The third kappa shape index (κ3) is 3.56. The van der Waals surface area contributed by atoms with Gasteiger partial charge in [0.05, 0.1) is 6.10 Å². The maximum absolute atomic E-state index is 5.90. The first-order chi connectivity index (χ1) is 8.69. The van der Waals surface area contributed by atoms with Gasteiger partial charge in [0.15, 0.2) is 0 Å². The van der Waals surface area contributed by atoms with E-state index in [-0.39, 0.29) is 0 Å². The van der Waals surface area contributed by atoms with E-state index in [9.17, 15) is 0 Å². The van der Waals surface area contributed by atoms with Crippen LogP contribution in [-0.4, -0.2) is 25.8 Å². The molecule has 0 bridgehead atoms. The fourth-order valence-electron chi connectivity index (χ4n) is 2.94. The van der Waals surface area contributed by atoms with Gasteiger partial charge in [0.1, 0.15) is 0 Å². The standard InChI is InChI=1S/C16H25NO/c1-12-8-13(2)10-14(9-12)11-15(17-3)16-6-4-5-7-18-16/h8-10,15-17H,4-7,11H2,1-3H3. The summed E-state index contributed by atoms with van der Waals surface area (Å²) in [4.78, 5) is 0. The van der Waals surface area contributed by atoms with Crippen LogP contribution >= 0.6 is 0 Å². The Morgan fingerprint density at radius 1 is 1.22 bits per heavy atom. The molecule has 18 heavy (non-hydrogen) atoms. The molecule has 2 unspecified atom stereocenters. The number of nitrogens with one attached hydrogen (secondary N) is 1. The third-order valence-electron chi connectivity index (χ3n) is 3.77. The average Bonchev–Trinajstić information content (AvgIpc) is 2.36. The van der Waals surface area contributed by atoms with Crippen molar-refractivity contribution in [2.24, 2.45) is 0 Å². The van der Waals surface area contributed by atoms with Gasteiger partial charge in [-0.2, -0.15) is 0 Å². The summed E-state index contributed by atoms with van der Waals surface area (Å²) in [7, 11) is 2.05. The Morgan fingerprint density at radius 3 is 2.50 bits per heavy atom. The zero-order valence-corrected chi connectivity index (χ0v) is 11.8. The minimum absolute atomic E-state index is 0.379. The van der Waals surface area contributed by atoms with Crippen LogP contribution in [0.2, 0.25) is 0 Å². The van der Waals surface area contributed by atoms with Gasteiger partial charge >= 0.3 is 0 Å². The van der Waals surface area contributed by atoms with Gasteiger partial charge in [0.25, 0.3) is 0 Å². The van der Waals surface area contributed by atoms with Crippen LogP contribution in [0, 0.1) is 13.8 Å². The highest BCUT2D eigenvalue weighted by Crippen LogP contribution is 2.19. The Balaban J connectivity index is 2.04. The first-order valence-corrected chi connectivity index (χ1v) is 7.05. The molecule has 1 aromatic rings. The zero-order valence-electron chi connectivity index (χ0n) is 11.8. The van der Waals surface area contributed by atoms with E-state index < -0.39 is 0 Å². The molecule has 1 heterocycles. The second-order valence-corrected chi connectivity index (χ2v) is 5.50. The van der Waals surface area contributed by atoms with Crippen molar-refractivity contribution in [3.8, 4) is 0 Å². The van der Waals surface area contributed by atoms with Gasteiger partial charge in [-0.05, 0) is 52.1 Å². The second-order valence-electron chi connectivity index (χ2n) is 5.50. The molecule has 1 aliphatic heterocycles. The predicted molar refractivity (Wildman–Crippen MR) is 76.1 cm³/mol. The first-order valence-electron chi connectivity index (χ1n) is 7.05. The van der Waals surface area contributed by atoms with E-state index in [0.29, 0.717) is 12.1 Å². The molecule has 0 aliphatic carbocycles. The molecular formula is C16H25NO. The van der Waals surface area contributed by atoms with E-state index in [1.54, 1.807) is 0 Å². The highest BCUT2D eigenvalue weighted by atomic mass is 16.5. The van der Waals surface area contributed by atoms with Crippen molar-refractivity contribution in [3.05, 3.63) is 34.9 Å². The molecule has 0 spiro atoms. The van der Waals surface area contributed by atoms with Gasteiger partial charge in [-0.25, -0.2) is 0 Å². The van der Waals surface area contributed by atoms with Crippen molar-refractivity contribution in [3.63, 3.8) is 0 Å². The van der Waals surface area contributed by atoms with E-state index in [1.807, 2.05) is 7.05 Å². The quantitative estimate of drug-likeness (QED) is 0.883. The summed E-state index contributed by atoms with van der Waals surface area (Å²) in [5, 5.41) is 3.43. The molecule has 100 valence electrons. The van der Waals surface area contributed by atoms with Gasteiger partial charge < -0.3 is 10.1 Å². The molecular weight excluding hydrogens is 222 g/mol. The molecule has 1 fully saturated rings. The van der Waals surface area contributed by atoms with Crippen molar-refractivity contribution in [2.45, 2.75) is 51.7 Å². The number of ether oxygens (including phenoxy) is 1. The summed E-state index contributed by atoms with van der Waals surface area (Å²) in [6.45, 7) is 5.26. The molecule has 0 amide bonds. The number of hydrogen-bond acceptors (Lipinski definition) is 2. The van der Waals surface area contributed by atoms with Crippen LogP contribution in [0.3, 0.4) is 0 Å². The van der Waals surface area contributed by atoms with Crippen molar-refractivity contribution >= 4 is 0 Å². The smallest absolute Gasteiger partial charge is 0.0731 e. The first kappa shape index (κ1) is 13.6. The molecule has 2 nitrogen and oxygen atoms in total. The lowest BCUT2D eigenvalue weighted by molar-refractivity contribution is -0.00587. The normalized spacial score (nSPS) is 21.8. The fraction of sp³-hybridized carbons (Fsp3) is 0.625. The van der Waals surface area contributed by atoms with Gasteiger partial charge in [0, 0.05) is 12.6 Å². The van der Waals surface area contributed by atoms with Crippen LogP contribution in [0.4, 0.5) is 0 Å². The molecule has 1 aliphatic rings. The Kier molecular flexibility index (Phi) is 4.79. The second kappa shape index (κ2) is 6.35. The van der Waals surface area contributed by atoms with Crippen LogP contribution in [0.15, 0.2) is 18.2 Å². The monoisotopic (exact) mass is 247 g/mol. The summed E-state index contributed by atoms with van der Waals surface area (Å²) in [5.74, 6) is 0. The third-order valence-corrected chi connectivity index (χ3v) is 3.77. The highest BCUT2D eigenvalue weighted by Gasteiger charge is 2.23. The number of likely N-dealkylation sites (N-methyl/N-ethyl adjacent to an activating group) is 1. The van der Waals surface area contributed by atoms with E-state index in [1.165, 1.54) is 36.0 Å². The van der Waals surface area contributed by atoms with Crippen LogP contribution in [-0.2, 0) is 11.2 Å². The molecule has 2 atom stereocenters. The Morgan fingerprint density at radius 2 is 1.94 bits per heavy atom. The zero-order chi connectivity index (χ0) is 13.0. The van der Waals surface area contributed by atoms with Crippen molar-refractivity contribution in [1.82, 2.24) is 5.32 Å². The number of rotatable bonds is 4. The molecule has 0 radical (unpaired) electrons. The predicted octanol–water partition coefficient (Wildman–Crippen LogP) is 3.00. The summed E-state index contributed by atoms with van der Waals surface area (Å²) in [6, 6.07) is 7.25. The molecule has 2 heteroatoms. The van der Waals surface area contributed by atoms with Crippen LogP contribution in [0.1, 0.15) is 36.0 Å². The van der Waals surface area contributed by atoms with Crippen LogP contribution in [0.5, 0.6) is 0 Å². The topological polar surface area (TPSA) is 21.3 Å². The largest absolute Gasteiger partial charge is 0.377 e. The SMILES string of the molecule is CNC(Cc1cc(C)cc(C)c1)C1CCCCO1. The van der Waals surface area contributed by atoms with Crippen LogP contribution in [0.25, 0.3) is 0 Å². The molecule has 1 aromatic carbocycles. The summed E-state index contributed by atoms with van der Waals surface area (Å²) < 4.78 is 5.90. The van der Waals surface area contributed by atoms with Gasteiger partial charge in [-0.3, -0.25) is 0 Å². The Labute approximate surface area is 111 Å². The maximum atomic E-state index is 5.90. The molecule has 2 rings (SSSR count). The summed E-state index contributed by atoms with van der Waals surface area (Å²) in [6.07, 6.45) is 5.15. The van der Waals surface area contributed by atoms with Gasteiger partial charge in [0.2, 0.25) is 0 Å². The van der Waals surface area contributed by atoms with E-state index >= 15 is 0 Å². The number of benzene rings is 1. The lowest BCUT2D eigenvalue weighted by Gasteiger charge is -2.30.